The van der Waals surface area contributed by atoms with Crippen LogP contribution in [0.2, 0.25) is 0 Å². The maximum atomic E-state index is 11.8. The van der Waals surface area contributed by atoms with E-state index in [-0.39, 0.29) is 18.3 Å². The highest BCUT2D eigenvalue weighted by Gasteiger charge is 2.07. The molecule has 7 heteroatoms. The predicted octanol–water partition coefficient (Wildman–Crippen LogP) is 1.30. The minimum absolute atomic E-state index is 0. The average Bonchev–Trinajstić information content (AvgIpc) is 2.52. The van der Waals surface area contributed by atoms with Crippen molar-refractivity contribution in [3.63, 3.8) is 0 Å². The fourth-order valence-electron chi connectivity index (χ4n) is 1.66. The Balaban J connectivity index is 0.00000220. The molecule has 0 spiro atoms. The van der Waals surface area contributed by atoms with Crippen LogP contribution in [0.5, 0.6) is 0 Å². The number of pyridine rings is 1. The number of carbonyl (C=O) groups excluding carboxylic acids is 1. The highest BCUT2D eigenvalue weighted by Crippen LogP contribution is 2.12. The lowest BCUT2D eigenvalue weighted by Gasteiger charge is -2.05. The first kappa shape index (κ1) is 17.0. The molecule has 0 aromatic carbocycles. The summed E-state index contributed by atoms with van der Waals surface area (Å²) in [5, 5.41) is 5.85. The third kappa shape index (κ3) is 5.09. The van der Waals surface area contributed by atoms with Gasteiger partial charge in [0.05, 0.1) is 5.56 Å². The third-order valence-electron chi connectivity index (χ3n) is 2.74. The lowest BCUT2D eigenvalue weighted by atomic mass is 10.2. The van der Waals surface area contributed by atoms with Gasteiger partial charge in [-0.15, -0.1) is 12.4 Å². The molecule has 0 saturated carbocycles. The summed E-state index contributed by atoms with van der Waals surface area (Å²) in [6.45, 7) is 1.50. The van der Waals surface area contributed by atoms with E-state index in [1.807, 2.05) is 19.2 Å². The van der Waals surface area contributed by atoms with E-state index in [1.54, 1.807) is 12.4 Å². The van der Waals surface area contributed by atoms with Gasteiger partial charge in [0.1, 0.15) is 0 Å². The number of hydrogen-bond acceptors (Lipinski definition) is 5. The number of halogens is 1. The Morgan fingerprint density at radius 1 is 1.14 bits per heavy atom. The van der Waals surface area contributed by atoms with E-state index < -0.39 is 0 Å². The van der Waals surface area contributed by atoms with E-state index in [1.165, 1.54) is 12.4 Å². The van der Waals surface area contributed by atoms with Crippen LogP contribution in [0.4, 0.5) is 0 Å². The number of hydrogen-bond donors (Lipinski definition) is 2. The van der Waals surface area contributed by atoms with E-state index in [0.29, 0.717) is 17.9 Å². The zero-order chi connectivity index (χ0) is 14.2. The standard InChI is InChI=1S/C14H17N5O.ClH/c1-15-5-2-6-17-14(20)12-9-18-13(19-10-12)11-3-7-16-8-4-11;/h3-4,7-10,15H,2,5-6H2,1H3,(H,17,20);1H. The molecule has 2 aromatic rings. The van der Waals surface area contributed by atoms with Crippen molar-refractivity contribution in [3.8, 4) is 11.4 Å². The Labute approximate surface area is 129 Å². The van der Waals surface area contributed by atoms with Crippen LogP contribution >= 0.6 is 12.4 Å². The molecular weight excluding hydrogens is 290 g/mol. The van der Waals surface area contributed by atoms with Crippen molar-refractivity contribution < 1.29 is 4.79 Å². The Morgan fingerprint density at radius 3 is 2.43 bits per heavy atom. The SMILES string of the molecule is CNCCCNC(=O)c1cnc(-c2ccncc2)nc1.Cl. The van der Waals surface area contributed by atoms with Gasteiger partial charge in [0.15, 0.2) is 5.82 Å². The first-order chi connectivity index (χ1) is 9.81. The predicted molar refractivity (Wildman–Crippen MR) is 83.4 cm³/mol. The minimum Gasteiger partial charge on any atom is -0.352 e. The molecule has 0 radical (unpaired) electrons. The minimum atomic E-state index is -0.151. The first-order valence-electron chi connectivity index (χ1n) is 6.46. The van der Waals surface area contributed by atoms with Crippen LogP contribution in [0, 0.1) is 0 Å². The molecule has 0 unspecified atom stereocenters. The van der Waals surface area contributed by atoms with Gasteiger partial charge in [-0.05, 0) is 32.1 Å². The van der Waals surface area contributed by atoms with E-state index in [9.17, 15) is 4.79 Å². The van der Waals surface area contributed by atoms with Crippen molar-refractivity contribution in [2.24, 2.45) is 0 Å². The second kappa shape index (κ2) is 8.99. The molecule has 21 heavy (non-hydrogen) atoms. The summed E-state index contributed by atoms with van der Waals surface area (Å²) >= 11 is 0. The van der Waals surface area contributed by atoms with Crippen molar-refractivity contribution in [2.45, 2.75) is 6.42 Å². The molecule has 1 amide bonds. The highest BCUT2D eigenvalue weighted by atomic mass is 35.5. The molecule has 6 nitrogen and oxygen atoms in total. The molecule has 0 aliphatic carbocycles. The van der Waals surface area contributed by atoms with Crippen LogP contribution in [0.25, 0.3) is 11.4 Å². The maximum absolute atomic E-state index is 11.8. The molecule has 2 heterocycles. The van der Waals surface area contributed by atoms with Crippen molar-refractivity contribution in [3.05, 3.63) is 42.5 Å². The van der Waals surface area contributed by atoms with Crippen molar-refractivity contribution in [1.82, 2.24) is 25.6 Å². The Kier molecular flexibility index (Phi) is 7.28. The molecule has 0 aliphatic heterocycles. The van der Waals surface area contributed by atoms with Crippen molar-refractivity contribution in [2.75, 3.05) is 20.1 Å². The normalized spacial score (nSPS) is 9.76. The third-order valence-corrected chi connectivity index (χ3v) is 2.74. The summed E-state index contributed by atoms with van der Waals surface area (Å²) in [6.07, 6.45) is 7.33. The van der Waals surface area contributed by atoms with Gasteiger partial charge in [0, 0.05) is 36.9 Å². The quantitative estimate of drug-likeness (QED) is 0.786. The van der Waals surface area contributed by atoms with Gasteiger partial charge >= 0.3 is 0 Å². The number of carbonyl (C=O) groups is 1. The van der Waals surface area contributed by atoms with Crippen molar-refractivity contribution in [1.29, 1.82) is 0 Å². The smallest absolute Gasteiger partial charge is 0.254 e. The zero-order valence-electron chi connectivity index (χ0n) is 11.7. The molecule has 2 N–H and O–H groups in total. The fraction of sp³-hybridized carbons (Fsp3) is 0.286. The lowest BCUT2D eigenvalue weighted by Crippen LogP contribution is -2.26. The lowest BCUT2D eigenvalue weighted by molar-refractivity contribution is 0.0952. The average molecular weight is 308 g/mol. The number of nitrogens with zero attached hydrogens (tertiary/aromatic N) is 3. The summed E-state index contributed by atoms with van der Waals surface area (Å²) < 4.78 is 0. The molecule has 0 bridgehead atoms. The number of rotatable bonds is 6. The van der Waals surface area contributed by atoms with Crippen LogP contribution in [-0.4, -0.2) is 41.0 Å². The second-order valence-corrected chi connectivity index (χ2v) is 4.24. The molecular formula is C14H18ClN5O. The first-order valence-corrected chi connectivity index (χ1v) is 6.46. The molecule has 112 valence electrons. The topological polar surface area (TPSA) is 79.8 Å². The fourth-order valence-corrected chi connectivity index (χ4v) is 1.66. The number of amides is 1. The van der Waals surface area contributed by atoms with Gasteiger partial charge in [-0.2, -0.15) is 0 Å². The van der Waals surface area contributed by atoms with Gasteiger partial charge in [0.2, 0.25) is 0 Å². The Morgan fingerprint density at radius 2 is 1.81 bits per heavy atom. The molecule has 0 aliphatic rings. The summed E-state index contributed by atoms with van der Waals surface area (Å²) in [6, 6.07) is 3.65. The van der Waals surface area contributed by atoms with Gasteiger partial charge in [-0.3, -0.25) is 9.78 Å². The molecule has 2 aromatic heterocycles. The summed E-state index contributed by atoms with van der Waals surface area (Å²) in [4.78, 5) is 24.2. The van der Waals surface area contributed by atoms with Crippen LogP contribution in [0.15, 0.2) is 36.9 Å². The monoisotopic (exact) mass is 307 g/mol. The Bertz CT molecular complexity index is 547. The van der Waals surface area contributed by atoms with Crippen LogP contribution in [0.1, 0.15) is 16.8 Å². The molecule has 0 saturated heterocycles. The molecule has 2 rings (SSSR count). The van der Waals surface area contributed by atoms with Gasteiger partial charge in [-0.25, -0.2) is 9.97 Å². The van der Waals surface area contributed by atoms with E-state index in [0.717, 1.165) is 18.5 Å². The van der Waals surface area contributed by atoms with Crippen molar-refractivity contribution >= 4 is 18.3 Å². The van der Waals surface area contributed by atoms with Gasteiger partial charge < -0.3 is 10.6 Å². The Hall–Kier alpha value is -2.05. The van der Waals surface area contributed by atoms with Gasteiger partial charge in [0.25, 0.3) is 5.91 Å². The van der Waals surface area contributed by atoms with Crippen LogP contribution in [0.3, 0.4) is 0 Å². The maximum Gasteiger partial charge on any atom is 0.254 e. The van der Waals surface area contributed by atoms with E-state index in [2.05, 4.69) is 25.6 Å². The van der Waals surface area contributed by atoms with E-state index in [4.69, 9.17) is 0 Å². The summed E-state index contributed by atoms with van der Waals surface area (Å²) in [5.74, 6) is 0.432. The van der Waals surface area contributed by atoms with Gasteiger partial charge in [-0.1, -0.05) is 0 Å². The zero-order valence-corrected chi connectivity index (χ0v) is 12.6. The highest BCUT2D eigenvalue weighted by molar-refractivity contribution is 5.93. The second-order valence-electron chi connectivity index (χ2n) is 4.24. The summed E-state index contributed by atoms with van der Waals surface area (Å²) in [5.41, 5.74) is 1.34. The van der Waals surface area contributed by atoms with E-state index >= 15 is 0 Å². The van der Waals surface area contributed by atoms with Crippen LogP contribution < -0.4 is 10.6 Å². The molecule has 0 fully saturated rings. The number of aromatic nitrogens is 3. The number of nitrogens with one attached hydrogen (secondary N) is 2. The molecule has 0 atom stereocenters. The summed E-state index contributed by atoms with van der Waals surface area (Å²) in [7, 11) is 1.88. The largest absolute Gasteiger partial charge is 0.352 e. The van der Waals surface area contributed by atoms with Crippen LogP contribution in [-0.2, 0) is 0 Å².